The van der Waals surface area contributed by atoms with Crippen molar-refractivity contribution in [2.75, 3.05) is 6.54 Å². The number of fused-ring (bicyclic) bond motifs is 2. The topological polar surface area (TPSA) is 50.4 Å². The maximum absolute atomic E-state index is 12.4. The van der Waals surface area contributed by atoms with E-state index >= 15 is 0 Å². The minimum absolute atomic E-state index is 0.00623. The molecule has 120 valence electrons. The average molecular weight is 349 g/mol. The number of thiophene rings is 1. The Morgan fingerprint density at radius 2 is 2.13 bits per heavy atom. The van der Waals surface area contributed by atoms with E-state index in [1.807, 2.05) is 17.5 Å². The molecule has 2 aromatic rings. The maximum Gasteiger partial charge on any atom is 0.251 e. The molecule has 2 N–H and O–H groups in total. The van der Waals surface area contributed by atoms with E-state index in [1.165, 1.54) is 17.8 Å². The maximum atomic E-state index is 12.4. The first-order chi connectivity index (χ1) is 11.2. The predicted octanol–water partition coefficient (Wildman–Crippen LogP) is 3.67. The first-order valence-corrected chi connectivity index (χ1v) is 8.99. The van der Waals surface area contributed by atoms with Gasteiger partial charge in [0.25, 0.3) is 5.91 Å². The Bertz CT molecular complexity index is 716. The molecule has 1 aliphatic heterocycles. The molecule has 1 saturated heterocycles. The Morgan fingerprint density at radius 3 is 2.74 bits per heavy atom. The molecule has 3 atom stereocenters. The first-order valence-electron chi connectivity index (χ1n) is 7.73. The van der Waals surface area contributed by atoms with Crippen LogP contribution in [-0.2, 0) is 0 Å². The van der Waals surface area contributed by atoms with E-state index in [1.54, 1.807) is 18.2 Å². The molecule has 1 aliphatic carbocycles. The molecule has 0 radical (unpaired) electrons. The van der Waals surface area contributed by atoms with Gasteiger partial charge < -0.3 is 15.4 Å². The quantitative estimate of drug-likeness (QED) is 0.886. The van der Waals surface area contributed by atoms with Crippen LogP contribution in [0.5, 0.6) is 10.8 Å². The highest BCUT2D eigenvalue weighted by Gasteiger charge is 2.39. The van der Waals surface area contributed by atoms with Crippen LogP contribution in [0.25, 0.3) is 0 Å². The molecule has 2 aliphatic rings. The lowest BCUT2D eigenvalue weighted by molar-refractivity contribution is 0.0925. The lowest BCUT2D eigenvalue weighted by atomic mass is 10.0. The van der Waals surface area contributed by atoms with E-state index in [4.69, 9.17) is 16.3 Å². The highest BCUT2D eigenvalue weighted by molar-refractivity contribution is 7.12. The van der Waals surface area contributed by atoms with Gasteiger partial charge in [-0.05, 0) is 43.0 Å². The summed E-state index contributed by atoms with van der Waals surface area (Å²) in [7, 11) is 0. The van der Waals surface area contributed by atoms with Crippen LogP contribution in [-0.4, -0.2) is 24.5 Å². The molecule has 1 aromatic carbocycles. The van der Waals surface area contributed by atoms with Crippen molar-refractivity contribution in [3.05, 3.63) is 46.3 Å². The highest BCUT2D eigenvalue weighted by atomic mass is 35.5. The lowest BCUT2D eigenvalue weighted by Gasteiger charge is -2.23. The summed E-state index contributed by atoms with van der Waals surface area (Å²) in [5, 5.41) is 9.85. The number of carbonyl (C=O) groups is 1. The Hall–Kier alpha value is -1.56. The third-order valence-electron chi connectivity index (χ3n) is 4.56. The fourth-order valence-electron chi connectivity index (χ4n) is 3.40. The summed E-state index contributed by atoms with van der Waals surface area (Å²) in [6, 6.07) is 9.87. The monoisotopic (exact) mass is 348 g/mol. The van der Waals surface area contributed by atoms with Crippen LogP contribution in [0.15, 0.2) is 35.7 Å². The third kappa shape index (κ3) is 3.22. The molecule has 1 aromatic heterocycles. The van der Waals surface area contributed by atoms with Crippen molar-refractivity contribution >= 4 is 28.8 Å². The van der Waals surface area contributed by atoms with Gasteiger partial charge in [0.1, 0.15) is 5.75 Å². The molecular formula is C17H17ClN2O2S. The molecule has 2 fully saturated rings. The summed E-state index contributed by atoms with van der Waals surface area (Å²) >= 11 is 7.32. The minimum Gasteiger partial charge on any atom is -0.447 e. The largest absolute Gasteiger partial charge is 0.447 e. The Labute approximate surface area is 143 Å². The van der Waals surface area contributed by atoms with Crippen LogP contribution >= 0.6 is 22.9 Å². The summed E-state index contributed by atoms with van der Waals surface area (Å²) in [4.78, 5) is 12.4. The van der Waals surface area contributed by atoms with E-state index < -0.39 is 0 Å². The predicted molar refractivity (Wildman–Crippen MR) is 91.6 cm³/mol. The molecule has 0 spiro atoms. The zero-order valence-electron chi connectivity index (χ0n) is 12.4. The number of halogens is 1. The van der Waals surface area contributed by atoms with Crippen molar-refractivity contribution in [3.8, 4) is 10.8 Å². The molecular weight excluding hydrogens is 332 g/mol. The van der Waals surface area contributed by atoms with E-state index in [0.29, 0.717) is 34.3 Å². The smallest absolute Gasteiger partial charge is 0.251 e. The van der Waals surface area contributed by atoms with Crippen LogP contribution in [0.2, 0.25) is 5.02 Å². The summed E-state index contributed by atoms with van der Waals surface area (Å²) in [6.45, 7) is 1.02. The highest BCUT2D eigenvalue weighted by Crippen LogP contribution is 2.32. The SMILES string of the molecule is O=C(NC1CC2CC1CN2)c1ccc(Oc2cc(Cl)cs2)cc1. The van der Waals surface area contributed by atoms with E-state index in [-0.39, 0.29) is 5.91 Å². The Balaban J connectivity index is 1.38. The van der Waals surface area contributed by atoms with E-state index in [0.717, 1.165) is 18.0 Å². The molecule has 4 nitrogen and oxygen atoms in total. The number of amides is 1. The van der Waals surface area contributed by atoms with Gasteiger partial charge in [-0.2, -0.15) is 0 Å². The van der Waals surface area contributed by atoms with Gasteiger partial charge in [0.2, 0.25) is 0 Å². The van der Waals surface area contributed by atoms with Gasteiger partial charge in [0, 0.05) is 35.6 Å². The van der Waals surface area contributed by atoms with Crippen LogP contribution in [0.1, 0.15) is 23.2 Å². The number of hydrogen-bond donors (Lipinski definition) is 2. The van der Waals surface area contributed by atoms with E-state index in [2.05, 4.69) is 10.6 Å². The molecule has 1 saturated carbocycles. The molecule has 1 amide bonds. The van der Waals surface area contributed by atoms with Crippen molar-refractivity contribution in [1.82, 2.24) is 10.6 Å². The van der Waals surface area contributed by atoms with Crippen LogP contribution in [0, 0.1) is 5.92 Å². The molecule has 4 rings (SSSR count). The first kappa shape index (κ1) is 15.0. The van der Waals surface area contributed by atoms with Crippen molar-refractivity contribution in [3.63, 3.8) is 0 Å². The van der Waals surface area contributed by atoms with E-state index in [9.17, 15) is 4.79 Å². The van der Waals surface area contributed by atoms with Crippen molar-refractivity contribution in [2.45, 2.75) is 24.9 Å². The van der Waals surface area contributed by atoms with Crippen molar-refractivity contribution < 1.29 is 9.53 Å². The number of ether oxygens (including phenoxy) is 1. The average Bonchev–Trinajstić information content (AvgIpc) is 3.25. The van der Waals surface area contributed by atoms with Gasteiger partial charge in [0.05, 0.1) is 5.02 Å². The number of rotatable bonds is 4. The summed E-state index contributed by atoms with van der Waals surface area (Å²) < 4.78 is 5.70. The second kappa shape index (κ2) is 6.15. The fourth-order valence-corrected chi connectivity index (χ4v) is 4.34. The lowest BCUT2D eigenvalue weighted by Crippen LogP contribution is -2.44. The number of piperidine rings is 1. The summed E-state index contributed by atoms with van der Waals surface area (Å²) in [5.41, 5.74) is 0.664. The van der Waals surface area contributed by atoms with Gasteiger partial charge >= 0.3 is 0 Å². The van der Waals surface area contributed by atoms with Gasteiger partial charge in [-0.1, -0.05) is 11.6 Å². The molecule has 23 heavy (non-hydrogen) atoms. The van der Waals surface area contributed by atoms with Gasteiger partial charge in [-0.15, -0.1) is 11.3 Å². The Morgan fingerprint density at radius 1 is 1.30 bits per heavy atom. The Kier molecular flexibility index (Phi) is 4.01. The van der Waals surface area contributed by atoms with Gasteiger partial charge in [-0.3, -0.25) is 4.79 Å². The van der Waals surface area contributed by atoms with Crippen LogP contribution in [0.3, 0.4) is 0 Å². The normalized spacial score (nSPS) is 25.5. The molecule has 6 heteroatoms. The molecule has 2 bridgehead atoms. The van der Waals surface area contributed by atoms with Crippen LogP contribution < -0.4 is 15.4 Å². The number of hydrogen-bond acceptors (Lipinski definition) is 4. The summed E-state index contributed by atoms with van der Waals surface area (Å²) in [6.07, 6.45) is 2.22. The number of carbonyl (C=O) groups excluding carboxylic acids is 1. The van der Waals surface area contributed by atoms with Crippen molar-refractivity contribution in [1.29, 1.82) is 0 Å². The van der Waals surface area contributed by atoms with Gasteiger partial charge in [-0.25, -0.2) is 0 Å². The summed E-state index contributed by atoms with van der Waals surface area (Å²) in [5.74, 6) is 1.27. The van der Waals surface area contributed by atoms with Crippen LogP contribution in [0.4, 0.5) is 0 Å². The van der Waals surface area contributed by atoms with Crippen molar-refractivity contribution in [2.24, 2.45) is 5.92 Å². The third-order valence-corrected chi connectivity index (χ3v) is 5.71. The van der Waals surface area contributed by atoms with Gasteiger partial charge in [0.15, 0.2) is 5.06 Å². The standard InChI is InChI=1S/C17H17ClN2O2S/c18-12-6-16(23-9-12)22-14-3-1-10(2-4-14)17(21)20-15-7-13-5-11(15)8-19-13/h1-4,6,9,11,13,15,19H,5,7-8H2,(H,20,21). The number of nitrogens with one attached hydrogen (secondary N) is 2. The minimum atomic E-state index is -0.00623. The second-order valence-electron chi connectivity index (χ2n) is 6.13. The second-order valence-corrected chi connectivity index (χ2v) is 7.44. The zero-order valence-corrected chi connectivity index (χ0v) is 14.0. The number of benzene rings is 1. The molecule has 2 heterocycles. The fraction of sp³-hybridized carbons (Fsp3) is 0.353. The molecule has 3 unspecified atom stereocenters. The zero-order chi connectivity index (χ0) is 15.8.